The zero-order chi connectivity index (χ0) is 15.7. The number of hydrogen-bond acceptors (Lipinski definition) is 4. The molecule has 0 aliphatic carbocycles. The first-order valence-electron chi connectivity index (χ1n) is 7.08. The van der Waals surface area contributed by atoms with Gasteiger partial charge in [-0.15, -0.1) is 0 Å². The van der Waals surface area contributed by atoms with E-state index < -0.39 is 17.5 Å². The van der Waals surface area contributed by atoms with Crippen LogP contribution in [0, 0.1) is 5.95 Å². The number of halogens is 1. The van der Waals surface area contributed by atoms with Gasteiger partial charge in [0.2, 0.25) is 5.95 Å². The van der Waals surface area contributed by atoms with Gasteiger partial charge in [-0.3, -0.25) is 0 Å². The molecule has 0 saturated carbocycles. The number of carbonyl (C=O) groups excluding carboxylic acids is 1. The molecule has 5 nitrogen and oxygen atoms in total. The Hall–Kier alpha value is -2.21. The third kappa shape index (κ3) is 2.62. The van der Waals surface area contributed by atoms with Crippen molar-refractivity contribution in [1.29, 1.82) is 0 Å². The molecule has 0 N–H and O–H groups in total. The molecule has 116 valence electrons. The van der Waals surface area contributed by atoms with Crippen molar-refractivity contribution in [2.75, 3.05) is 13.2 Å². The van der Waals surface area contributed by atoms with Crippen LogP contribution < -0.4 is 0 Å². The van der Waals surface area contributed by atoms with Crippen molar-refractivity contribution in [1.82, 2.24) is 9.55 Å². The van der Waals surface area contributed by atoms with Gasteiger partial charge < -0.3 is 14.0 Å². The maximum atomic E-state index is 14.0. The summed E-state index contributed by atoms with van der Waals surface area (Å²) in [7, 11) is 0. The van der Waals surface area contributed by atoms with Crippen LogP contribution in [0.4, 0.5) is 4.39 Å². The van der Waals surface area contributed by atoms with Crippen LogP contribution in [0.2, 0.25) is 0 Å². The van der Waals surface area contributed by atoms with Gasteiger partial charge in [-0.05, 0) is 19.4 Å². The number of benzene rings is 1. The van der Waals surface area contributed by atoms with Gasteiger partial charge in [0, 0.05) is 0 Å². The number of nitrogens with zero attached hydrogens (tertiary/aromatic N) is 2. The van der Waals surface area contributed by atoms with E-state index in [4.69, 9.17) is 9.47 Å². The molecule has 1 atom stereocenters. The summed E-state index contributed by atoms with van der Waals surface area (Å²) in [5.74, 6) is -1.54. The summed E-state index contributed by atoms with van der Waals surface area (Å²) < 4.78 is 25.9. The second-order valence-electron chi connectivity index (χ2n) is 5.71. The summed E-state index contributed by atoms with van der Waals surface area (Å²) in [6, 6.07) is 9.29. The van der Waals surface area contributed by atoms with E-state index in [9.17, 15) is 9.18 Å². The molecule has 0 unspecified atom stereocenters. The second kappa shape index (κ2) is 5.53. The van der Waals surface area contributed by atoms with Crippen LogP contribution in [-0.4, -0.2) is 34.3 Å². The molecule has 1 saturated heterocycles. The first-order chi connectivity index (χ1) is 10.5. The maximum absolute atomic E-state index is 14.0. The monoisotopic (exact) mass is 304 g/mol. The Kier molecular flexibility index (Phi) is 3.70. The quantitative estimate of drug-likeness (QED) is 0.815. The summed E-state index contributed by atoms with van der Waals surface area (Å²) in [5.41, 5.74) is 0.103. The molecule has 1 aliphatic heterocycles. The van der Waals surface area contributed by atoms with Crippen molar-refractivity contribution < 1.29 is 18.7 Å². The van der Waals surface area contributed by atoms with E-state index in [0.29, 0.717) is 13.2 Å². The van der Waals surface area contributed by atoms with E-state index in [1.807, 2.05) is 37.3 Å². The van der Waals surface area contributed by atoms with Crippen LogP contribution in [0.15, 0.2) is 36.7 Å². The van der Waals surface area contributed by atoms with Crippen molar-refractivity contribution in [3.63, 3.8) is 0 Å². The zero-order valence-electron chi connectivity index (χ0n) is 12.5. The lowest BCUT2D eigenvalue weighted by Crippen LogP contribution is -2.50. The number of hydrogen-bond donors (Lipinski definition) is 0. The average Bonchev–Trinajstić information content (AvgIpc) is 2.87. The van der Waals surface area contributed by atoms with Crippen molar-refractivity contribution >= 4 is 5.97 Å². The van der Waals surface area contributed by atoms with E-state index in [2.05, 4.69) is 4.98 Å². The van der Waals surface area contributed by atoms with E-state index >= 15 is 0 Å². The van der Waals surface area contributed by atoms with Gasteiger partial charge in [0.05, 0.1) is 25.6 Å². The summed E-state index contributed by atoms with van der Waals surface area (Å²) in [6.07, 6.45) is 1.32. The van der Waals surface area contributed by atoms with Crippen LogP contribution in [-0.2, 0) is 9.47 Å². The number of rotatable bonds is 4. The van der Waals surface area contributed by atoms with Crippen LogP contribution in [0.1, 0.15) is 35.9 Å². The van der Waals surface area contributed by atoms with Crippen LogP contribution in [0.25, 0.3) is 0 Å². The molecule has 1 aliphatic rings. The van der Waals surface area contributed by atoms with E-state index in [1.54, 1.807) is 6.92 Å². The molecular weight excluding hydrogens is 287 g/mol. The highest BCUT2D eigenvalue weighted by molar-refractivity contribution is 5.88. The van der Waals surface area contributed by atoms with Gasteiger partial charge in [0.25, 0.3) is 0 Å². The van der Waals surface area contributed by atoms with Crippen LogP contribution >= 0.6 is 0 Å². The Morgan fingerprint density at radius 3 is 2.68 bits per heavy atom. The molecule has 0 radical (unpaired) electrons. The molecule has 2 heterocycles. The van der Waals surface area contributed by atoms with Gasteiger partial charge in [-0.25, -0.2) is 9.78 Å². The topological polar surface area (TPSA) is 53.4 Å². The molecule has 1 aromatic carbocycles. The van der Waals surface area contributed by atoms with Crippen molar-refractivity contribution in [2.45, 2.75) is 25.5 Å². The van der Waals surface area contributed by atoms with Crippen LogP contribution in [0.3, 0.4) is 0 Å². The third-order valence-electron chi connectivity index (χ3n) is 3.80. The van der Waals surface area contributed by atoms with E-state index in [-0.39, 0.29) is 11.7 Å². The second-order valence-corrected chi connectivity index (χ2v) is 5.71. The largest absolute Gasteiger partial charge is 0.450 e. The van der Waals surface area contributed by atoms with Crippen molar-refractivity contribution in [3.05, 3.63) is 53.9 Å². The first-order valence-corrected chi connectivity index (χ1v) is 7.08. The average molecular weight is 304 g/mol. The molecule has 6 heteroatoms. The third-order valence-corrected chi connectivity index (χ3v) is 3.80. The van der Waals surface area contributed by atoms with Crippen LogP contribution in [0.5, 0.6) is 0 Å². The molecule has 0 bridgehead atoms. The molecule has 2 aromatic rings. The fraction of sp³-hybridized carbons (Fsp3) is 0.375. The summed E-state index contributed by atoms with van der Waals surface area (Å²) in [4.78, 5) is 15.9. The van der Waals surface area contributed by atoms with Gasteiger partial charge in [0.15, 0.2) is 11.3 Å². The highest BCUT2D eigenvalue weighted by Crippen LogP contribution is 2.26. The molecular formula is C16H17FN2O3. The van der Waals surface area contributed by atoms with Gasteiger partial charge in [-0.2, -0.15) is 4.39 Å². The zero-order valence-corrected chi connectivity index (χ0v) is 12.5. The molecule has 0 amide bonds. The summed E-state index contributed by atoms with van der Waals surface area (Å²) in [5, 5.41) is 0. The minimum absolute atomic E-state index is 0.163. The van der Waals surface area contributed by atoms with Crippen molar-refractivity contribution in [3.8, 4) is 0 Å². The normalized spacial score (nSPS) is 17.6. The Morgan fingerprint density at radius 1 is 1.41 bits per heavy atom. The lowest BCUT2D eigenvalue weighted by Gasteiger charge is -2.37. The lowest BCUT2D eigenvalue weighted by atomic mass is 10.1. The predicted molar refractivity (Wildman–Crippen MR) is 77.1 cm³/mol. The summed E-state index contributed by atoms with van der Waals surface area (Å²) >= 11 is 0. The first kappa shape index (κ1) is 14.7. The Bertz CT molecular complexity index is 680. The molecule has 1 fully saturated rings. The standard InChI is InChI=1S/C16H17FN2O3/c1-11(12-6-4-3-5-7-12)19-10-18-14(17)13(19)15(20)22-16(2)8-21-9-16/h3-7,10-11H,8-9H2,1-2H3/t11-/m1/s1. The van der Waals surface area contributed by atoms with Gasteiger partial charge in [-0.1, -0.05) is 30.3 Å². The van der Waals surface area contributed by atoms with Gasteiger partial charge >= 0.3 is 5.97 Å². The minimum atomic E-state index is -0.823. The number of aromatic nitrogens is 2. The Morgan fingerprint density at radius 2 is 2.09 bits per heavy atom. The highest BCUT2D eigenvalue weighted by atomic mass is 19.1. The fourth-order valence-electron chi connectivity index (χ4n) is 2.43. The molecule has 1 aromatic heterocycles. The predicted octanol–water partition coefficient (Wildman–Crippen LogP) is 2.58. The summed E-state index contributed by atoms with van der Waals surface area (Å²) in [6.45, 7) is 4.28. The Balaban J connectivity index is 1.89. The lowest BCUT2D eigenvalue weighted by molar-refractivity contribution is -0.169. The number of ether oxygens (including phenoxy) is 2. The van der Waals surface area contributed by atoms with E-state index in [1.165, 1.54) is 10.9 Å². The number of esters is 1. The molecule has 0 spiro atoms. The van der Waals surface area contributed by atoms with Gasteiger partial charge in [0.1, 0.15) is 0 Å². The molecule has 3 rings (SSSR count). The molecule has 22 heavy (non-hydrogen) atoms. The Labute approximate surface area is 127 Å². The maximum Gasteiger partial charge on any atom is 0.360 e. The number of imidazole rings is 1. The van der Waals surface area contributed by atoms with Crippen molar-refractivity contribution in [2.24, 2.45) is 0 Å². The number of carbonyl (C=O) groups is 1. The van der Waals surface area contributed by atoms with E-state index in [0.717, 1.165) is 5.56 Å². The highest BCUT2D eigenvalue weighted by Gasteiger charge is 2.39. The SMILES string of the molecule is C[C@H](c1ccccc1)n1cnc(F)c1C(=O)OC1(C)COC1. The fourth-order valence-corrected chi connectivity index (χ4v) is 2.43. The minimum Gasteiger partial charge on any atom is -0.450 e. The smallest absolute Gasteiger partial charge is 0.360 e.